The summed E-state index contributed by atoms with van der Waals surface area (Å²) in [6.07, 6.45) is 36.8. The molecule has 0 aliphatic heterocycles. The summed E-state index contributed by atoms with van der Waals surface area (Å²) in [5, 5.41) is 20.4. The van der Waals surface area contributed by atoms with E-state index in [1.165, 1.54) is 154 Å². The van der Waals surface area contributed by atoms with Crippen molar-refractivity contribution in [2.45, 2.75) is 206 Å². The van der Waals surface area contributed by atoms with Crippen molar-refractivity contribution >= 4 is 35.0 Å². The first kappa shape index (κ1) is 50.3. The number of rotatable bonds is 30. The zero-order valence-electron chi connectivity index (χ0n) is 27.6. The maximum atomic E-state index is 10.2. The van der Waals surface area contributed by atoms with Crippen LogP contribution in [0.15, 0.2) is 0 Å². The Morgan fingerprint density at radius 3 is 0.634 bits per heavy atom. The fraction of sp³-hybridized carbons (Fsp3) is 0.941. The molecule has 0 aromatic heterocycles. The molecule has 0 heterocycles. The van der Waals surface area contributed by atoms with Crippen LogP contribution in [0.4, 0.5) is 0 Å². The smallest absolute Gasteiger partial charge is 0.550 e. The van der Waals surface area contributed by atoms with Crippen molar-refractivity contribution in [1.82, 2.24) is 0 Å². The predicted molar refractivity (Wildman–Crippen MR) is 173 cm³/mol. The van der Waals surface area contributed by atoms with Crippen molar-refractivity contribution in [1.29, 1.82) is 0 Å². The minimum atomic E-state index is -0.905. The predicted octanol–water partition coefficient (Wildman–Crippen LogP) is 7.19. The summed E-state index contributed by atoms with van der Waals surface area (Å²) in [6.45, 7) is 4.52. The Labute approximate surface area is 271 Å². The van der Waals surface area contributed by atoms with Crippen LogP contribution >= 0.6 is 0 Å². The van der Waals surface area contributed by atoms with Crippen LogP contribution in [0.3, 0.4) is 0 Å². The van der Waals surface area contributed by atoms with Crippen molar-refractivity contribution in [2.24, 2.45) is 0 Å². The van der Waals surface area contributed by atoms with Gasteiger partial charge in [-0.25, -0.2) is 0 Å². The molecule has 0 amide bonds. The standard InChI is InChI=1S/C18H36O2.C16H32O2.Mg.2H2O/c1-2-3-4-5-6-7-8-9-10-11-12-13-14-15-16-17-18(19)20;1-2-3-4-5-6-7-8-9-10-11-12-13-14-15-16(17)18;;;/h2-17H2,1H3,(H,19,20);2-15H2,1H3,(H,17,18);;2*1H2/q;;+2;;/p-2. The van der Waals surface area contributed by atoms with Gasteiger partial charge in [0.15, 0.2) is 0 Å². The first-order valence-electron chi connectivity index (χ1n) is 16.9. The molecule has 0 radical (unpaired) electrons. The van der Waals surface area contributed by atoms with E-state index in [0.29, 0.717) is 0 Å². The van der Waals surface area contributed by atoms with Crippen LogP contribution in [0, 0.1) is 0 Å². The number of carbonyl (C=O) groups is 2. The maximum Gasteiger partial charge on any atom is 2.00 e. The van der Waals surface area contributed by atoms with Crippen LogP contribution in [0.1, 0.15) is 206 Å². The summed E-state index contributed by atoms with van der Waals surface area (Å²) >= 11 is 0. The van der Waals surface area contributed by atoms with Crippen molar-refractivity contribution in [3.63, 3.8) is 0 Å². The average Bonchev–Trinajstić information content (AvgIpc) is 2.89. The fourth-order valence-corrected chi connectivity index (χ4v) is 4.93. The Morgan fingerprint density at radius 1 is 0.341 bits per heavy atom. The van der Waals surface area contributed by atoms with E-state index in [4.69, 9.17) is 0 Å². The molecular formula is C34H70MgO6. The molecule has 0 rings (SSSR count). The SMILES string of the molecule is CCCCCCCCCCCCCCCC(=O)[O-].CCCCCCCCCCCCCCCCCC(=O)[O-].O.O.[Mg+2]. The van der Waals surface area contributed by atoms with E-state index in [9.17, 15) is 19.8 Å². The zero-order valence-corrected chi connectivity index (χ0v) is 29.0. The Morgan fingerprint density at radius 2 is 0.488 bits per heavy atom. The van der Waals surface area contributed by atoms with Gasteiger partial charge in [0.2, 0.25) is 0 Å². The van der Waals surface area contributed by atoms with Gasteiger partial charge in [0.25, 0.3) is 0 Å². The third kappa shape index (κ3) is 56.1. The van der Waals surface area contributed by atoms with Crippen LogP contribution in [-0.2, 0) is 9.59 Å². The second-order valence-electron chi connectivity index (χ2n) is 11.4. The Balaban J connectivity index is -0.000000197. The number of hydrogen-bond acceptors (Lipinski definition) is 4. The minimum Gasteiger partial charge on any atom is -0.550 e. The number of aliphatic carboxylic acids is 2. The van der Waals surface area contributed by atoms with Gasteiger partial charge in [-0.15, -0.1) is 0 Å². The van der Waals surface area contributed by atoms with E-state index in [1.54, 1.807) is 0 Å². The van der Waals surface area contributed by atoms with Gasteiger partial charge in [-0.3, -0.25) is 0 Å². The van der Waals surface area contributed by atoms with Gasteiger partial charge in [0.05, 0.1) is 0 Å². The van der Waals surface area contributed by atoms with Crippen LogP contribution in [0.2, 0.25) is 0 Å². The van der Waals surface area contributed by atoms with Gasteiger partial charge >= 0.3 is 23.1 Å². The Hall–Kier alpha value is -0.374. The molecule has 7 heteroatoms. The van der Waals surface area contributed by atoms with Crippen molar-refractivity contribution < 1.29 is 30.8 Å². The second kappa shape index (κ2) is 46.6. The number of carboxylic acids is 2. The molecule has 0 atom stereocenters. The third-order valence-electron chi connectivity index (χ3n) is 7.47. The van der Waals surface area contributed by atoms with E-state index in [0.717, 1.165) is 25.7 Å². The number of unbranched alkanes of at least 4 members (excludes halogenated alkanes) is 26. The molecule has 41 heavy (non-hydrogen) atoms. The van der Waals surface area contributed by atoms with Gasteiger partial charge in [-0.2, -0.15) is 0 Å². The molecule has 0 spiro atoms. The van der Waals surface area contributed by atoms with E-state index < -0.39 is 11.9 Å². The van der Waals surface area contributed by atoms with Crippen molar-refractivity contribution in [3.8, 4) is 0 Å². The average molecular weight is 599 g/mol. The molecule has 0 unspecified atom stereocenters. The first-order valence-corrected chi connectivity index (χ1v) is 16.9. The van der Waals surface area contributed by atoms with E-state index in [2.05, 4.69) is 13.8 Å². The van der Waals surface area contributed by atoms with Gasteiger partial charge in [0, 0.05) is 11.9 Å². The van der Waals surface area contributed by atoms with Crippen LogP contribution in [0.5, 0.6) is 0 Å². The number of hydrogen-bond donors (Lipinski definition) is 0. The van der Waals surface area contributed by atoms with Gasteiger partial charge in [-0.05, 0) is 25.7 Å². The summed E-state index contributed by atoms with van der Waals surface area (Å²) in [7, 11) is 0. The van der Waals surface area contributed by atoms with Crippen molar-refractivity contribution in [2.75, 3.05) is 0 Å². The molecule has 0 saturated carbocycles. The van der Waals surface area contributed by atoms with Crippen LogP contribution in [-0.4, -0.2) is 45.9 Å². The first-order chi connectivity index (χ1) is 18.5. The number of carbonyl (C=O) groups excluding carboxylic acids is 2. The fourth-order valence-electron chi connectivity index (χ4n) is 4.93. The molecule has 0 fully saturated rings. The molecule has 0 aromatic rings. The topological polar surface area (TPSA) is 143 Å². The molecule has 4 N–H and O–H groups in total. The molecule has 0 bridgehead atoms. The molecule has 6 nitrogen and oxygen atoms in total. The summed E-state index contributed by atoms with van der Waals surface area (Å²) in [5.41, 5.74) is 0. The summed E-state index contributed by atoms with van der Waals surface area (Å²) in [6, 6.07) is 0. The Kier molecular flexibility index (Phi) is 57.1. The van der Waals surface area contributed by atoms with Crippen molar-refractivity contribution in [3.05, 3.63) is 0 Å². The van der Waals surface area contributed by atoms with Crippen LogP contribution < -0.4 is 10.2 Å². The second-order valence-corrected chi connectivity index (χ2v) is 11.4. The monoisotopic (exact) mass is 599 g/mol. The molecule has 0 aliphatic rings. The summed E-state index contributed by atoms with van der Waals surface area (Å²) < 4.78 is 0. The third-order valence-corrected chi connectivity index (χ3v) is 7.47. The molecule has 0 aromatic carbocycles. The van der Waals surface area contributed by atoms with E-state index >= 15 is 0 Å². The van der Waals surface area contributed by atoms with Crippen LogP contribution in [0.25, 0.3) is 0 Å². The summed E-state index contributed by atoms with van der Waals surface area (Å²) in [4.78, 5) is 20.4. The largest absolute Gasteiger partial charge is 2.00 e. The molecular weight excluding hydrogens is 529 g/mol. The summed E-state index contributed by atoms with van der Waals surface area (Å²) in [5.74, 6) is -1.81. The number of carboxylic acid groups (broad SMARTS) is 2. The van der Waals surface area contributed by atoms with Gasteiger partial charge in [0.1, 0.15) is 0 Å². The van der Waals surface area contributed by atoms with E-state index in [1.807, 2.05) is 0 Å². The molecule has 0 aliphatic carbocycles. The van der Waals surface area contributed by atoms with E-state index in [-0.39, 0.29) is 46.8 Å². The molecule has 244 valence electrons. The zero-order chi connectivity index (χ0) is 28.4. The Bertz CT molecular complexity index is 476. The minimum absolute atomic E-state index is 0. The maximum absolute atomic E-state index is 10.2. The normalized spacial score (nSPS) is 10.0. The van der Waals surface area contributed by atoms with Gasteiger partial charge in [-0.1, -0.05) is 181 Å². The molecule has 0 saturated heterocycles. The quantitative estimate of drug-likeness (QED) is 0.0636. The van der Waals surface area contributed by atoms with Gasteiger partial charge < -0.3 is 30.8 Å².